The zero-order valence-electron chi connectivity index (χ0n) is 13.1. The number of fused-ring (bicyclic) bond motifs is 1. The molecule has 24 heavy (non-hydrogen) atoms. The monoisotopic (exact) mass is 389 g/mol. The summed E-state index contributed by atoms with van der Waals surface area (Å²) in [4.78, 5) is 29.1. The number of benzene rings is 2. The summed E-state index contributed by atoms with van der Waals surface area (Å²) >= 11 is 3.36. The highest BCUT2D eigenvalue weighted by atomic mass is 79.9. The Morgan fingerprint density at radius 3 is 2.46 bits per heavy atom. The van der Waals surface area contributed by atoms with Gasteiger partial charge in [-0.1, -0.05) is 15.9 Å². The summed E-state index contributed by atoms with van der Waals surface area (Å²) in [6.07, 6.45) is 0. The molecule has 0 aliphatic heterocycles. The van der Waals surface area contributed by atoms with E-state index in [1.807, 2.05) is 12.1 Å². The van der Waals surface area contributed by atoms with Gasteiger partial charge in [0, 0.05) is 10.2 Å². The van der Waals surface area contributed by atoms with Crippen molar-refractivity contribution < 1.29 is 9.53 Å². The van der Waals surface area contributed by atoms with Crippen LogP contribution in [-0.2, 0) is 4.79 Å². The fourth-order valence-corrected chi connectivity index (χ4v) is 2.50. The predicted molar refractivity (Wildman–Crippen MR) is 96.4 cm³/mol. The molecule has 6 nitrogen and oxygen atoms in total. The average Bonchev–Trinajstić information content (AvgIpc) is 2.88. The third-order valence-corrected chi connectivity index (χ3v) is 4.04. The van der Waals surface area contributed by atoms with Crippen LogP contribution in [0.5, 0.6) is 5.75 Å². The normalized spacial score (nSPS) is 11.5. The Morgan fingerprint density at radius 2 is 1.75 bits per heavy atom. The van der Waals surface area contributed by atoms with Crippen LogP contribution in [0.4, 0.5) is 5.69 Å². The number of carbonyl (C=O) groups is 1. The lowest BCUT2D eigenvalue weighted by molar-refractivity contribution is -0.128. The summed E-state index contributed by atoms with van der Waals surface area (Å²) in [5.41, 5.74) is 0.546. The van der Waals surface area contributed by atoms with Crippen molar-refractivity contribution in [2.75, 3.05) is 5.32 Å². The summed E-state index contributed by atoms with van der Waals surface area (Å²) in [7, 11) is 0. The Hall–Kier alpha value is -2.54. The Labute approximate surface area is 146 Å². The molecule has 2 aromatic carbocycles. The minimum atomic E-state index is -1.06. The Morgan fingerprint density at radius 1 is 1.08 bits per heavy atom. The number of rotatable bonds is 4. The molecule has 124 valence electrons. The number of imidazole rings is 1. The van der Waals surface area contributed by atoms with Crippen LogP contribution in [0.25, 0.3) is 11.0 Å². The van der Waals surface area contributed by atoms with Gasteiger partial charge >= 0.3 is 5.69 Å². The van der Waals surface area contributed by atoms with Crippen LogP contribution in [0.3, 0.4) is 0 Å². The average molecular weight is 390 g/mol. The second kappa shape index (κ2) is 6.16. The lowest BCUT2D eigenvalue weighted by atomic mass is 10.1. The number of halogens is 1. The van der Waals surface area contributed by atoms with Crippen LogP contribution in [0.15, 0.2) is 51.7 Å². The van der Waals surface area contributed by atoms with E-state index >= 15 is 0 Å². The zero-order chi connectivity index (χ0) is 17.3. The molecule has 0 radical (unpaired) electrons. The van der Waals surface area contributed by atoms with Crippen molar-refractivity contribution in [3.05, 3.63) is 57.4 Å². The van der Waals surface area contributed by atoms with Gasteiger partial charge in [0.05, 0.1) is 11.0 Å². The third kappa shape index (κ3) is 3.51. The van der Waals surface area contributed by atoms with Gasteiger partial charge in [-0.25, -0.2) is 4.79 Å². The summed E-state index contributed by atoms with van der Waals surface area (Å²) in [6, 6.07) is 12.4. The first kappa shape index (κ1) is 16.3. The van der Waals surface area contributed by atoms with Gasteiger partial charge in [-0.2, -0.15) is 0 Å². The van der Waals surface area contributed by atoms with Crippen LogP contribution in [0.1, 0.15) is 13.8 Å². The molecule has 0 saturated carbocycles. The lowest BCUT2D eigenvalue weighted by Gasteiger charge is -2.25. The van der Waals surface area contributed by atoms with Crippen LogP contribution in [0, 0.1) is 0 Å². The fourth-order valence-electron chi connectivity index (χ4n) is 2.24. The maximum atomic E-state index is 12.5. The Bertz CT molecular complexity index is 942. The van der Waals surface area contributed by atoms with E-state index in [1.54, 1.807) is 44.2 Å². The number of hydrogen-bond acceptors (Lipinski definition) is 3. The molecule has 1 heterocycles. The van der Waals surface area contributed by atoms with Gasteiger partial charge in [0.2, 0.25) is 0 Å². The van der Waals surface area contributed by atoms with Gasteiger partial charge in [0.1, 0.15) is 5.75 Å². The number of aromatic amines is 2. The van der Waals surface area contributed by atoms with Crippen LogP contribution in [-0.4, -0.2) is 21.5 Å². The van der Waals surface area contributed by atoms with Gasteiger partial charge in [0.15, 0.2) is 5.60 Å². The Kier molecular flexibility index (Phi) is 4.19. The summed E-state index contributed by atoms with van der Waals surface area (Å²) in [5.74, 6) is 0.311. The molecule has 0 atom stereocenters. The van der Waals surface area contributed by atoms with E-state index in [2.05, 4.69) is 31.2 Å². The first-order valence-electron chi connectivity index (χ1n) is 7.31. The topological polar surface area (TPSA) is 87.0 Å². The molecule has 1 amide bonds. The van der Waals surface area contributed by atoms with Crippen LogP contribution < -0.4 is 15.7 Å². The highest BCUT2D eigenvalue weighted by Gasteiger charge is 2.30. The van der Waals surface area contributed by atoms with Crippen LogP contribution >= 0.6 is 15.9 Å². The molecule has 7 heteroatoms. The van der Waals surface area contributed by atoms with Gasteiger partial charge in [0.25, 0.3) is 5.91 Å². The SMILES string of the molecule is CC(C)(Oc1ccc(Br)cc1)C(=O)Nc1ccc2[nH]c(=O)[nH]c2c1. The molecule has 3 N–H and O–H groups in total. The number of H-pyrrole nitrogens is 2. The fraction of sp³-hybridized carbons (Fsp3) is 0.176. The van der Waals surface area contributed by atoms with Crippen molar-refractivity contribution in [1.82, 2.24) is 9.97 Å². The number of ether oxygens (including phenoxy) is 1. The first-order valence-corrected chi connectivity index (χ1v) is 8.11. The highest BCUT2D eigenvalue weighted by Crippen LogP contribution is 2.23. The quantitative estimate of drug-likeness (QED) is 0.638. The minimum Gasteiger partial charge on any atom is -0.478 e. The standard InChI is InChI=1S/C17H16BrN3O3/c1-17(2,24-12-6-3-10(18)4-7-12)15(22)19-11-5-8-13-14(9-11)21-16(23)20-13/h3-9H,1-2H3,(H,19,22)(H2,20,21,23). The number of nitrogens with one attached hydrogen (secondary N) is 3. The van der Waals surface area contributed by atoms with Crippen molar-refractivity contribution in [3.8, 4) is 5.75 Å². The number of carbonyl (C=O) groups excluding carboxylic acids is 1. The van der Waals surface area contributed by atoms with E-state index in [1.165, 1.54) is 0 Å². The number of anilines is 1. The maximum absolute atomic E-state index is 12.5. The number of hydrogen-bond donors (Lipinski definition) is 3. The van der Waals surface area contributed by atoms with E-state index in [0.717, 1.165) is 4.47 Å². The molecule has 0 unspecified atom stereocenters. The molecule has 3 rings (SSSR count). The Balaban J connectivity index is 1.76. The van der Waals surface area contributed by atoms with Crippen LogP contribution in [0.2, 0.25) is 0 Å². The van der Waals surface area contributed by atoms with Gasteiger partial charge in [-0.05, 0) is 56.3 Å². The molecule has 0 bridgehead atoms. The molecule has 0 aliphatic rings. The van der Waals surface area contributed by atoms with Crippen molar-refractivity contribution in [2.45, 2.75) is 19.4 Å². The minimum absolute atomic E-state index is 0.285. The highest BCUT2D eigenvalue weighted by molar-refractivity contribution is 9.10. The number of aromatic nitrogens is 2. The van der Waals surface area contributed by atoms with E-state index in [9.17, 15) is 9.59 Å². The van der Waals surface area contributed by atoms with E-state index in [-0.39, 0.29) is 11.6 Å². The third-order valence-electron chi connectivity index (χ3n) is 3.51. The number of amides is 1. The molecule has 1 aromatic heterocycles. The van der Waals surface area contributed by atoms with Gasteiger partial charge in [-0.3, -0.25) is 4.79 Å². The molecule has 0 fully saturated rings. The van der Waals surface area contributed by atoms with E-state index < -0.39 is 5.60 Å². The molecule has 0 aliphatic carbocycles. The molecule has 0 spiro atoms. The smallest absolute Gasteiger partial charge is 0.323 e. The molecule has 3 aromatic rings. The van der Waals surface area contributed by atoms with Gasteiger partial charge in [-0.15, -0.1) is 0 Å². The van der Waals surface area contributed by atoms with Crippen molar-refractivity contribution in [2.24, 2.45) is 0 Å². The van der Waals surface area contributed by atoms with Crippen molar-refractivity contribution in [3.63, 3.8) is 0 Å². The lowest BCUT2D eigenvalue weighted by Crippen LogP contribution is -2.42. The zero-order valence-corrected chi connectivity index (χ0v) is 14.7. The predicted octanol–water partition coefficient (Wildman–Crippen LogP) is 3.41. The molecular weight excluding hydrogens is 374 g/mol. The summed E-state index contributed by atoms with van der Waals surface area (Å²) in [5, 5.41) is 2.81. The molecule has 0 saturated heterocycles. The first-order chi connectivity index (χ1) is 11.3. The van der Waals surface area contributed by atoms with Crippen molar-refractivity contribution >= 4 is 38.6 Å². The van der Waals surface area contributed by atoms with E-state index in [0.29, 0.717) is 22.5 Å². The molecular formula is C17H16BrN3O3. The second-order valence-corrected chi connectivity index (χ2v) is 6.78. The second-order valence-electron chi connectivity index (χ2n) is 5.86. The summed E-state index contributed by atoms with van der Waals surface area (Å²) < 4.78 is 6.72. The van der Waals surface area contributed by atoms with Crippen molar-refractivity contribution in [1.29, 1.82) is 0 Å². The van der Waals surface area contributed by atoms with E-state index in [4.69, 9.17) is 4.74 Å². The largest absolute Gasteiger partial charge is 0.478 e. The van der Waals surface area contributed by atoms with Gasteiger partial charge < -0.3 is 20.0 Å². The summed E-state index contributed by atoms with van der Waals surface area (Å²) in [6.45, 7) is 3.39. The maximum Gasteiger partial charge on any atom is 0.323 e.